The fourth-order valence-corrected chi connectivity index (χ4v) is 5.15. The van der Waals surface area contributed by atoms with Crippen LogP contribution in [0.5, 0.6) is 0 Å². The molecule has 0 radical (unpaired) electrons. The van der Waals surface area contributed by atoms with Crippen LogP contribution in [0.4, 0.5) is 11.5 Å². The molecule has 0 aliphatic rings. The Bertz CT molecular complexity index is 1210. The molecule has 2 aromatic heterocycles. The summed E-state index contributed by atoms with van der Waals surface area (Å²) < 4.78 is 29.8. The first-order valence-electron chi connectivity index (χ1n) is 10.2. The minimum Gasteiger partial charge on any atom is -0.382 e. The van der Waals surface area contributed by atoms with Crippen LogP contribution in [0.25, 0.3) is 11.0 Å². The molecule has 168 valence electrons. The first kappa shape index (κ1) is 23.6. The molecule has 1 aromatic carbocycles. The summed E-state index contributed by atoms with van der Waals surface area (Å²) in [4.78, 5) is 9.13. The summed E-state index contributed by atoms with van der Waals surface area (Å²) in [6.45, 7) is 6.54. The number of nitrogen functional groups attached to an aromatic ring is 1. The molecule has 7 nitrogen and oxygen atoms in total. The van der Waals surface area contributed by atoms with Gasteiger partial charge in [-0.2, -0.15) is 0 Å². The normalized spacial score (nSPS) is 11.9. The number of hydrogen-bond donors (Lipinski definition) is 2. The summed E-state index contributed by atoms with van der Waals surface area (Å²) in [6.07, 6.45) is 3.24. The molecule has 0 fully saturated rings. The zero-order valence-corrected chi connectivity index (χ0v) is 20.2. The molecule has 0 aliphatic carbocycles. The van der Waals surface area contributed by atoms with Crippen molar-refractivity contribution in [1.29, 1.82) is 0 Å². The highest BCUT2D eigenvalue weighted by molar-refractivity contribution is 7.92. The van der Waals surface area contributed by atoms with Crippen molar-refractivity contribution in [3.63, 3.8) is 0 Å². The number of aryl methyl sites for hydroxylation is 4. The summed E-state index contributed by atoms with van der Waals surface area (Å²) in [6, 6.07) is 4.64. The standard InChI is InChI=1S/C21H27Cl2N5O2S/c1-4-5-7-18-26-19-20(13(2)14(3)25-21(19)24)28(18)10-6-11-31(29,30)27-17-9-8-15(22)12-16(17)23/h8-9,12,27H,4-7,10-11H2,1-3H3,(H2,24,25). The fourth-order valence-electron chi connectivity index (χ4n) is 3.52. The van der Waals surface area contributed by atoms with Crippen molar-refractivity contribution >= 4 is 55.8 Å². The van der Waals surface area contributed by atoms with Gasteiger partial charge in [-0.1, -0.05) is 36.5 Å². The molecule has 10 heteroatoms. The maximum Gasteiger partial charge on any atom is 0.232 e. The second-order valence-electron chi connectivity index (χ2n) is 7.59. The average Bonchev–Trinajstić information content (AvgIpc) is 3.06. The van der Waals surface area contributed by atoms with Gasteiger partial charge in [-0.05, 0) is 50.5 Å². The number of imidazole rings is 1. The Kier molecular flexibility index (Phi) is 7.34. The zero-order valence-electron chi connectivity index (χ0n) is 17.9. The van der Waals surface area contributed by atoms with Crippen LogP contribution in [0.2, 0.25) is 10.0 Å². The summed E-state index contributed by atoms with van der Waals surface area (Å²) >= 11 is 12.0. The van der Waals surface area contributed by atoms with Crippen molar-refractivity contribution in [2.75, 3.05) is 16.2 Å². The largest absolute Gasteiger partial charge is 0.382 e. The number of nitrogens with zero attached hydrogens (tertiary/aromatic N) is 3. The first-order valence-corrected chi connectivity index (χ1v) is 12.6. The van der Waals surface area contributed by atoms with E-state index in [2.05, 4.69) is 21.2 Å². The van der Waals surface area contributed by atoms with E-state index in [1.165, 1.54) is 6.07 Å². The topological polar surface area (TPSA) is 103 Å². The number of unbranched alkanes of at least 4 members (excludes halogenated alkanes) is 1. The maximum absolute atomic E-state index is 12.6. The van der Waals surface area contributed by atoms with Crippen molar-refractivity contribution in [3.05, 3.63) is 45.3 Å². The zero-order chi connectivity index (χ0) is 22.8. The molecule has 31 heavy (non-hydrogen) atoms. The molecule has 3 aromatic rings. The quantitative estimate of drug-likeness (QED) is 0.439. The summed E-state index contributed by atoms with van der Waals surface area (Å²) in [7, 11) is -3.58. The highest BCUT2D eigenvalue weighted by Crippen LogP contribution is 2.28. The number of nitrogens with two attached hydrogens (primary N) is 1. The Morgan fingerprint density at radius 2 is 1.90 bits per heavy atom. The van der Waals surface area contributed by atoms with Gasteiger partial charge in [0, 0.05) is 23.7 Å². The highest BCUT2D eigenvalue weighted by Gasteiger charge is 2.19. The summed E-state index contributed by atoms with van der Waals surface area (Å²) in [5.74, 6) is 1.25. The summed E-state index contributed by atoms with van der Waals surface area (Å²) in [5.41, 5.74) is 9.91. The minimum absolute atomic E-state index is 0.0581. The van der Waals surface area contributed by atoms with Crippen LogP contribution in [0.15, 0.2) is 18.2 Å². The van der Waals surface area contributed by atoms with Gasteiger partial charge in [0.05, 0.1) is 22.0 Å². The number of pyridine rings is 1. The molecule has 0 spiro atoms. The molecular formula is C21H27Cl2N5O2S. The van der Waals surface area contributed by atoms with Gasteiger partial charge in [0.25, 0.3) is 0 Å². The Morgan fingerprint density at radius 1 is 1.16 bits per heavy atom. The van der Waals surface area contributed by atoms with Crippen molar-refractivity contribution in [2.24, 2.45) is 0 Å². The Labute approximate surface area is 193 Å². The number of benzene rings is 1. The third kappa shape index (κ3) is 5.42. The molecule has 3 N–H and O–H groups in total. The monoisotopic (exact) mass is 483 g/mol. The van der Waals surface area contributed by atoms with E-state index in [0.717, 1.165) is 41.9 Å². The lowest BCUT2D eigenvalue weighted by Crippen LogP contribution is -2.18. The van der Waals surface area contributed by atoms with Crippen LogP contribution in [-0.2, 0) is 23.0 Å². The predicted molar refractivity (Wildman–Crippen MR) is 129 cm³/mol. The number of fused-ring (bicyclic) bond motifs is 1. The Hall–Kier alpha value is -2.03. The van der Waals surface area contributed by atoms with Crippen molar-refractivity contribution in [2.45, 2.75) is 53.0 Å². The molecule has 2 heterocycles. The average molecular weight is 484 g/mol. The molecule has 0 saturated heterocycles. The lowest BCUT2D eigenvalue weighted by molar-refractivity contribution is 0.587. The SMILES string of the molecule is CCCCc1nc2c(N)nc(C)c(C)c2n1CCCS(=O)(=O)Nc1ccc(Cl)cc1Cl. The summed E-state index contributed by atoms with van der Waals surface area (Å²) in [5, 5.41) is 0.701. The molecule has 0 unspecified atom stereocenters. The Morgan fingerprint density at radius 3 is 2.58 bits per heavy atom. The number of anilines is 2. The van der Waals surface area contributed by atoms with E-state index < -0.39 is 10.0 Å². The third-order valence-electron chi connectivity index (χ3n) is 5.22. The lowest BCUT2D eigenvalue weighted by atomic mass is 10.2. The molecule has 0 bridgehead atoms. The van der Waals surface area contributed by atoms with Gasteiger partial charge in [0.15, 0.2) is 5.82 Å². The molecule has 0 saturated carbocycles. The van der Waals surface area contributed by atoms with Gasteiger partial charge in [-0.15, -0.1) is 0 Å². The minimum atomic E-state index is -3.58. The lowest BCUT2D eigenvalue weighted by Gasteiger charge is -2.13. The fraction of sp³-hybridized carbons (Fsp3) is 0.429. The van der Waals surface area contributed by atoms with Gasteiger partial charge in [0.2, 0.25) is 10.0 Å². The van der Waals surface area contributed by atoms with Gasteiger partial charge in [-0.3, -0.25) is 4.72 Å². The van der Waals surface area contributed by atoms with Crippen LogP contribution in [0.1, 0.15) is 43.3 Å². The van der Waals surface area contributed by atoms with Crippen LogP contribution in [0.3, 0.4) is 0 Å². The van der Waals surface area contributed by atoms with E-state index in [0.29, 0.717) is 35.0 Å². The molecule has 0 atom stereocenters. The van der Waals surface area contributed by atoms with E-state index in [-0.39, 0.29) is 10.8 Å². The van der Waals surface area contributed by atoms with E-state index in [1.54, 1.807) is 12.1 Å². The third-order valence-corrected chi connectivity index (χ3v) is 7.13. The van der Waals surface area contributed by atoms with Crippen molar-refractivity contribution in [3.8, 4) is 0 Å². The predicted octanol–water partition coefficient (Wildman–Crippen LogP) is 5.11. The van der Waals surface area contributed by atoms with E-state index >= 15 is 0 Å². The number of aromatic nitrogens is 3. The van der Waals surface area contributed by atoms with Crippen LogP contribution >= 0.6 is 23.2 Å². The van der Waals surface area contributed by atoms with E-state index in [1.807, 2.05) is 13.8 Å². The number of sulfonamides is 1. The molecule has 0 aliphatic heterocycles. The number of rotatable bonds is 9. The number of hydrogen-bond acceptors (Lipinski definition) is 5. The first-order chi connectivity index (χ1) is 14.6. The molecule has 0 amide bonds. The highest BCUT2D eigenvalue weighted by atomic mass is 35.5. The number of halogens is 2. The molecule has 3 rings (SSSR count). The van der Waals surface area contributed by atoms with Crippen molar-refractivity contribution < 1.29 is 8.42 Å². The van der Waals surface area contributed by atoms with Crippen LogP contribution < -0.4 is 10.5 Å². The smallest absolute Gasteiger partial charge is 0.232 e. The van der Waals surface area contributed by atoms with Gasteiger partial charge >= 0.3 is 0 Å². The van der Waals surface area contributed by atoms with E-state index in [4.69, 9.17) is 33.9 Å². The second kappa shape index (κ2) is 9.63. The maximum atomic E-state index is 12.6. The second-order valence-corrected chi connectivity index (χ2v) is 10.3. The van der Waals surface area contributed by atoms with E-state index in [9.17, 15) is 8.42 Å². The van der Waals surface area contributed by atoms with Crippen LogP contribution in [0, 0.1) is 13.8 Å². The van der Waals surface area contributed by atoms with Gasteiger partial charge < -0.3 is 10.3 Å². The van der Waals surface area contributed by atoms with Crippen molar-refractivity contribution in [1.82, 2.24) is 14.5 Å². The Balaban J connectivity index is 1.82. The van der Waals surface area contributed by atoms with Gasteiger partial charge in [0.1, 0.15) is 11.3 Å². The molecular weight excluding hydrogens is 457 g/mol. The number of nitrogens with one attached hydrogen (secondary N) is 1. The van der Waals surface area contributed by atoms with Gasteiger partial charge in [-0.25, -0.2) is 18.4 Å². The van der Waals surface area contributed by atoms with Crippen LogP contribution in [-0.4, -0.2) is 28.7 Å².